The molecule has 0 saturated heterocycles. The lowest BCUT2D eigenvalue weighted by Crippen LogP contribution is -2.11. The summed E-state index contributed by atoms with van der Waals surface area (Å²) in [5, 5.41) is 0. The van der Waals surface area contributed by atoms with Gasteiger partial charge in [-0.3, -0.25) is 0 Å². The quantitative estimate of drug-likeness (QED) is 0.230. The van der Waals surface area contributed by atoms with E-state index in [1.54, 1.807) is 36.4 Å². The van der Waals surface area contributed by atoms with Gasteiger partial charge in [-0.05, 0) is 42.2 Å². The molecule has 0 N–H and O–H groups in total. The van der Waals surface area contributed by atoms with Crippen molar-refractivity contribution < 1.29 is 18.7 Å². The van der Waals surface area contributed by atoms with Crippen LogP contribution in [0.25, 0.3) is 11.1 Å². The smallest absolute Gasteiger partial charge is 0.434 e. The number of unbranched alkanes of at least 4 members (excludes halogenated alkanes) is 5. The Bertz CT molecular complexity index is 725. The number of hydrogen-bond donors (Lipinski definition) is 0. The highest BCUT2D eigenvalue weighted by atomic mass is 19.1. The number of aryl methyl sites for hydroxylation is 1. The van der Waals surface area contributed by atoms with E-state index >= 15 is 0 Å². The van der Waals surface area contributed by atoms with Crippen molar-refractivity contribution in [3.63, 3.8) is 0 Å². The van der Waals surface area contributed by atoms with Gasteiger partial charge in [0.25, 0.3) is 0 Å². The highest BCUT2D eigenvalue weighted by molar-refractivity contribution is 5.67. The van der Waals surface area contributed by atoms with Crippen LogP contribution in [0.15, 0.2) is 42.5 Å². The van der Waals surface area contributed by atoms with Crippen LogP contribution < -0.4 is 4.74 Å². The van der Waals surface area contributed by atoms with Gasteiger partial charge in [-0.1, -0.05) is 76.6 Å². The van der Waals surface area contributed by atoms with Crippen molar-refractivity contribution in [3.05, 3.63) is 53.8 Å². The zero-order valence-electron chi connectivity index (χ0n) is 17.0. The van der Waals surface area contributed by atoms with Crippen LogP contribution in [-0.4, -0.2) is 12.8 Å². The molecule has 2 aromatic carbocycles. The molecule has 0 heterocycles. The predicted octanol–water partition coefficient (Wildman–Crippen LogP) is 7.32. The third-order valence-corrected chi connectivity index (χ3v) is 4.66. The molecule has 0 aliphatic carbocycles. The molecule has 0 amide bonds. The van der Waals surface area contributed by atoms with Gasteiger partial charge in [0, 0.05) is 5.56 Å². The Morgan fingerprint density at radius 2 is 1.61 bits per heavy atom. The first-order valence-corrected chi connectivity index (χ1v) is 10.4. The molecule has 4 heteroatoms. The van der Waals surface area contributed by atoms with Crippen LogP contribution in [0.2, 0.25) is 0 Å². The molecule has 0 saturated carbocycles. The molecule has 152 valence electrons. The van der Waals surface area contributed by atoms with Crippen molar-refractivity contribution in [2.75, 3.05) is 6.61 Å². The normalized spacial score (nSPS) is 10.7. The first-order valence-electron chi connectivity index (χ1n) is 10.4. The maximum absolute atomic E-state index is 14.3. The van der Waals surface area contributed by atoms with Gasteiger partial charge in [0.2, 0.25) is 0 Å². The SMILES string of the molecule is CCCCCCCCOC(=O)Oc1ccc(-c2ccc(CCC)cc2F)cc1. The van der Waals surface area contributed by atoms with Crippen LogP contribution in [0.4, 0.5) is 9.18 Å². The van der Waals surface area contributed by atoms with E-state index in [-0.39, 0.29) is 5.82 Å². The molecule has 0 fully saturated rings. The first kappa shape index (κ1) is 21.9. The molecule has 0 spiro atoms. The van der Waals surface area contributed by atoms with Crippen LogP contribution in [0.3, 0.4) is 0 Å². The third kappa shape index (κ3) is 7.34. The van der Waals surface area contributed by atoms with Crippen LogP contribution in [0, 0.1) is 5.82 Å². The highest BCUT2D eigenvalue weighted by Crippen LogP contribution is 2.26. The maximum Gasteiger partial charge on any atom is 0.513 e. The summed E-state index contributed by atoms with van der Waals surface area (Å²) in [6.45, 7) is 4.63. The van der Waals surface area contributed by atoms with Crippen molar-refractivity contribution in [1.29, 1.82) is 0 Å². The number of carbonyl (C=O) groups is 1. The van der Waals surface area contributed by atoms with E-state index in [2.05, 4.69) is 13.8 Å². The van der Waals surface area contributed by atoms with Crippen LogP contribution in [-0.2, 0) is 11.2 Å². The van der Waals surface area contributed by atoms with E-state index in [0.29, 0.717) is 17.9 Å². The number of rotatable bonds is 11. The highest BCUT2D eigenvalue weighted by Gasteiger charge is 2.09. The Hall–Kier alpha value is -2.36. The summed E-state index contributed by atoms with van der Waals surface area (Å²) in [5.74, 6) is 0.151. The van der Waals surface area contributed by atoms with Crippen LogP contribution in [0.1, 0.15) is 64.4 Å². The molecule has 28 heavy (non-hydrogen) atoms. The number of halogens is 1. The molecule has 0 aliphatic heterocycles. The van der Waals surface area contributed by atoms with Gasteiger partial charge >= 0.3 is 6.16 Å². The van der Waals surface area contributed by atoms with Gasteiger partial charge in [0.05, 0.1) is 6.61 Å². The lowest BCUT2D eigenvalue weighted by Gasteiger charge is -2.08. The molecular formula is C24H31FO3. The average Bonchev–Trinajstić information content (AvgIpc) is 2.68. The summed E-state index contributed by atoms with van der Waals surface area (Å²) in [7, 11) is 0. The number of ether oxygens (including phenoxy) is 2. The molecular weight excluding hydrogens is 355 g/mol. The van der Waals surface area contributed by atoms with Crippen molar-refractivity contribution in [1.82, 2.24) is 0 Å². The van der Waals surface area contributed by atoms with Gasteiger partial charge in [0.15, 0.2) is 0 Å². The Kier molecular flexibility index (Phi) is 9.53. The summed E-state index contributed by atoms with van der Waals surface area (Å²) in [4.78, 5) is 11.8. The van der Waals surface area contributed by atoms with Crippen LogP contribution >= 0.6 is 0 Å². The summed E-state index contributed by atoms with van der Waals surface area (Å²) in [6, 6.07) is 12.1. The van der Waals surface area contributed by atoms with E-state index in [1.807, 2.05) is 6.07 Å². The standard InChI is InChI=1S/C24H31FO3/c1-3-5-6-7-8-9-17-27-24(26)28-21-14-12-20(13-15-21)22-16-11-19(10-4-2)18-23(22)25/h11-16,18H,3-10,17H2,1-2H3. The lowest BCUT2D eigenvalue weighted by molar-refractivity contribution is 0.0973. The molecule has 2 aromatic rings. The van der Waals surface area contributed by atoms with E-state index < -0.39 is 6.16 Å². The molecule has 0 aliphatic rings. The summed E-state index contributed by atoms with van der Waals surface area (Å²) in [6.07, 6.45) is 7.94. The minimum Gasteiger partial charge on any atom is -0.434 e. The minimum atomic E-state index is -0.698. The largest absolute Gasteiger partial charge is 0.513 e. The predicted molar refractivity (Wildman–Crippen MR) is 111 cm³/mol. The Labute approximate surface area is 167 Å². The Balaban J connectivity index is 1.80. The number of benzene rings is 2. The third-order valence-electron chi connectivity index (χ3n) is 4.66. The molecule has 0 atom stereocenters. The maximum atomic E-state index is 14.3. The first-order chi connectivity index (χ1) is 13.6. The molecule has 2 rings (SSSR count). The van der Waals surface area contributed by atoms with Gasteiger partial charge in [0.1, 0.15) is 11.6 Å². The van der Waals surface area contributed by atoms with Crippen molar-refractivity contribution in [2.24, 2.45) is 0 Å². The van der Waals surface area contributed by atoms with Crippen molar-refractivity contribution in [3.8, 4) is 16.9 Å². The van der Waals surface area contributed by atoms with Gasteiger partial charge in [-0.25, -0.2) is 9.18 Å². The van der Waals surface area contributed by atoms with E-state index in [9.17, 15) is 9.18 Å². The van der Waals surface area contributed by atoms with Gasteiger partial charge < -0.3 is 9.47 Å². The average molecular weight is 387 g/mol. The van der Waals surface area contributed by atoms with E-state index in [4.69, 9.17) is 9.47 Å². The second kappa shape index (κ2) is 12.2. The van der Waals surface area contributed by atoms with Crippen molar-refractivity contribution >= 4 is 6.16 Å². The molecule has 0 aromatic heterocycles. The fraction of sp³-hybridized carbons (Fsp3) is 0.458. The van der Waals surface area contributed by atoms with Gasteiger partial charge in [-0.15, -0.1) is 0 Å². The lowest BCUT2D eigenvalue weighted by atomic mass is 10.0. The van der Waals surface area contributed by atoms with Gasteiger partial charge in [-0.2, -0.15) is 0 Å². The molecule has 0 bridgehead atoms. The molecule has 3 nitrogen and oxygen atoms in total. The Morgan fingerprint density at radius 1 is 0.893 bits per heavy atom. The number of hydrogen-bond acceptors (Lipinski definition) is 3. The van der Waals surface area contributed by atoms with E-state index in [1.165, 1.54) is 25.7 Å². The summed E-state index contributed by atoms with van der Waals surface area (Å²) >= 11 is 0. The summed E-state index contributed by atoms with van der Waals surface area (Å²) in [5.41, 5.74) is 2.28. The topological polar surface area (TPSA) is 35.5 Å². The van der Waals surface area contributed by atoms with Crippen LogP contribution in [0.5, 0.6) is 5.75 Å². The van der Waals surface area contributed by atoms with Crippen molar-refractivity contribution in [2.45, 2.75) is 65.2 Å². The fourth-order valence-electron chi connectivity index (χ4n) is 3.10. The zero-order chi connectivity index (χ0) is 20.2. The second-order valence-electron chi connectivity index (χ2n) is 7.06. The zero-order valence-corrected chi connectivity index (χ0v) is 17.0. The monoisotopic (exact) mass is 386 g/mol. The minimum absolute atomic E-state index is 0.238. The molecule has 0 unspecified atom stereocenters. The fourth-order valence-corrected chi connectivity index (χ4v) is 3.10. The molecule has 0 radical (unpaired) electrons. The second-order valence-corrected chi connectivity index (χ2v) is 7.06. The van der Waals surface area contributed by atoms with E-state index in [0.717, 1.165) is 36.8 Å². The Morgan fingerprint density at radius 3 is 2.29 bits per heavy atom. The number of carbonyl (C=O) groups excluding carboxylic acids is 1. The summed E-state index contributed by atoms with van der Waals surface area (Å²) < 4.78 is 24.6.